The third-order valence-electron chi connectivity index (χ3n) is 3.18. The smallest absolute Gasteiger partial charge is 0.0361 e. The molecule has 1 rings (SSSR count). The second-order valence-electron chi connectivity index (χ2n) is 4.83. The summed E-state index contributed by atoms with van der Waals surface area (Å²) in [4.78, 5) is 0. The van der Waals surface area contributed by atoms with Gasteiger partial charge < -0.3 is 9.88 Å². The first kappa shape index (κ1) is 13.3. The van der Waals surface area contributed by atoms with Crippen molar-refractivity contribution < 1.29 is 0 Å². The highest BCUT2D eigenvalue weighted by atomic mass is 15.0. The molecule has 16 heavy (non-hydrogen) atoms. The van der Waals surface area contributed by atoms with Gasteiger partial charge >= 0.3 is 0 Å². The van der Waals surface area contributed by atoms with Gasteiger partial charge in [0.1, 0.15) is 0 Å². The number of hydrogen-bond donors (Lipinski definition) is 1. The third kappa shape index (κ3) is 3.67. The van der Waals surface area contributed by atoms with E-state index in [2.05, 4.69) is 55.9 Å². The average Bonchev–Trinajstić information content (AvgIpc) is 2.67. The lowest BCUT2D eigenvalue weighted by atomic mass is 10.0. The molecule has 2 nitrogen and oxygen atoms in total. The molecule has 0 aromatic carbocycles. The second-order valence-corrected chi connectivity index (χ2v) is 4.83. The summed E-state index contributed by atoms with van der Waals surface area (Å²) in [6.07, 6.45) is 4.58. The zero-order valence-corrected chi connectivity index (χ0v) is 11.2. The average molecular weight is 222 g/mol. The van der Waals surface area contributed by atoms with Gasteiger partial charge in [-0.25, -0.2) is 0 Å². The van der Waals surface area contributed by atoms with Crippen LogP contribution in [0.2, 0.25) is 0 Å². The van der Waals surface area contributed by atoms with Crippen LogP contribution < -0.4 is 5.32 Å². The van der Waals surface area contributed by atoms with E-state index in [0.29, 0.717) is 12.0 Å². The Kier molecular flexibility index (Phi) is 5.61. The molecular formula is C14H26N2. The summed E-state index contributed by atoms with van der Waals surface area (Å²) < 4.78 is 2.35. The Labute approximate surface area is 100 Å². The maximum absolute atomic E-state index is 3.65. The van der Waals surface area contributed by atoms with Gasteiger partial charge in [0, 0.05) is 31.0 Å². The van der Waals surface area contributed by atoms with Crippen molar-refractivity contribution in [3.8, 4) is 0 Å². The molecule has 0 saturated carbocycles. The number of hydrogen-bond acceptors (Lipinski definition) is 1. The van der Waals surface area contributed by atoms with Crippen LogP contribution in [0.15, 0.2) is 18.3 Å². The highest BCUT2D eigenvalue weighted by molar-refractivity contribution is 5.07. The number of aromatic nitrogens is 1. The summed E-state index contributed by atoms with van der Waals surface area (Å²) in [5.41, 5.74) is 1.40. The van der Waals surface area contributed by atoms with Gasteiger partial charge in [-0.1, -0.05) is 27.7 Å². The zero-order chi connectivity index (χ0) is 12.0. The molecule has 1 N–H and O–H groups in total. The Morgan fingerprint density at radius 2 is 2.06 bits per heavy atom. The molecule has 92 valence electrons. The first-order chi connectivity index (χ1) is 7.69. The van der Waals surface area contributed by atoms with Crippen molar-refractivity contribution in [1.29, 1.82) is 0 Å². The Morgan fingerprint density at radius 3 is 2.62 bits per heavy atom. The van der Waals surface area contributed by atoms with E-state index in [1.165, 1.54) is 18.5 Å². The second kappa shape index (κ2) is 6.74. The van der Waals surface area contributed by atoms with Crippen LogP contribution in [-0.2, 0) is 13.1 Å². The zero-order valence-electron chi connectivity index (χ0n) is 11.2. The number of rotatable bonds is 7. The predicted octanol–water partition coefficient (Wildman–Crippen LogP) is 3.42. The maximum atomic E-state index is 3.65. The van der Waals surface area contributed by atoms with E-state index in [0.717, 1.165) is 13.1 Å². The molecule has 0 spiro atoms. The first-order valence-electron chi connectivity index (χ1n) is 6.56. The van der Waals surface area contributed by atoms with Crippen molar-refractivity contribution in [2.24, 2.45) is 5.92 Å². The fraction of sp³-hybridized carbons (Fsp3) is 0.714. The van der Waals surface area contributed by atoms with E-state index >= 15 is 0 Å². The molecule has 1 heterocycles. The molecule has 0 saturated heterocycles. The van der Waals surface area contributed by atoms with E-state index < -0.39 is 0 Å². The number of nitrogens with one attached hydrogen (secondary N) is 1. The SMILES string of the molecule is CCCn1cccc1CNC(CC)C(C)C. The van der Waals surface area contributed by atoms with Gasteiger partial charge in [-0.3, -0.25) is 0 Å². The Morgan fingerprint density at radius 1 is 1.31 bits per heavy atom. The van der Waals surface area contributed by atoms with Gasteiger partial charge in [0.15, 0.2) is 0 Å². The van der Waals surface area contributed by atoms with Crippen molar-refractivity contribution in [3.63, 3.8) is 0 Å². The topological polar surface area (TPSA) is 17.0 Å². The normalized spacial score (nSPS) is 13.3. The van der Waals surface area contributed by atoms with Crippen LogP contribution in [0.4, 0.5) is 0 Å². The van der Waals surface area contributed by atoms with Crippen molar-refractivity contribution in [3.05, 3.63) is 24.0 Å². The molecule has 0 amide bonds. The minimum atomic E-state index is 0.630. The molecule has 2 heteroatoms. The summed E-state index contributed by atoms with van der Waals surface area (Å²) in [6.45, 7) is 11.2. The van der Waals surface area contributed by atoms with Crippen LogP contribution in [0.1, 0.15) is 46.2 Å². The van der Waals surface area contributed by atoms with Gasteiger partial charge in [0.2, 0.25) is 0 Å². The van der Waals surface area contributed by atoms with Crippen molar-refractivity contribution in [2.45, 2.75) is 59.7 Å². The predicted molar refractivity (Wildman–Crippen MR) is 70.5 cm³/mol. The van der Waals surface area contributed by atoms with E-state index in [-0.39, 0.29) is 0 Å². The first-order valence-corrected chi connectivity index (χ1v) is 6.56. The molecule has 1 aromatic rings. The summed E-state index contributed by atoms with van der Waals surface area (Å²) in [6, 6.07) is 4.99. The Bertz CT molecular complexity index is 289. The van der Waals surface area contributed by atoms with Crippen molar-refractivity contribution in [2.75, 3.05) is 0 Å². The van der Waals surface area contributed by atoms with Gasteiger partial charge in [-0.05, 0) is 30.9 Å². The van der Waals surface area contributed by atoms with E-state index in [1.54, 1.807) is 0 Å². The van der Waals surface area contributed by atoms with Crippen molar-refractivity contribution >= 4 is 0 Å². The summed E-state index contributed by atoms with van der Waals surface area (Å²) in [5.74, 6) is 0.708. The molecule has 0 fully saturated rings. The molecular weight excluding hydrogens is 196 g/mol. The van der Waals surface area contributed by atoms with Crippen LogP contribution in [0, 0.1) is 5.92 Å². The fourth-order valence-electron chi connectivity index (χ4n) is 2.16. The minimum absolute atomic E-state index is 0.630. The minimum Gasteiger partial charge on any atom is -0.350 e. The molecule has 0 bridgehead atoms. The lowest BCUT2D eigenvalue weighted by molar-refractivity contribution is 0.382. The highest BCUT2D eigenvalue weighted by Gasteiger charge is 2.10. The molecule has 0 aliphatic rings. The largest absolute Gasteiger partial charge is 0.350 e. The summed E-state index contributed by atoms with van der Waals surface area (Å²) >= 11 is 0. The van der Waals surface area contributed by atoms with Crippen molar-refractivity contribution in [1.82, 2.24) is 9.88 Å². The van der Waals surface area contributed by atoms with E-state index in [1.807, 2.05) is 0 Å². The van der Waals surface area contributed by atoms with Gasteiger partial charge in [0.05, 0.1) is 0 Å². The molecule has 1 aromatic heterocycles. The lowest BCUT2D eigenvalue weighted by Crippen LogP contribution is -2.33. The number of nitrogens with zero attached hydrogens (tertiary/aromatic N) is 1. The molecule has 0 aliphatic heterocycles. The van der Waals surface area contributed by atoms with Crippen LogP contribution in [-0.4, -0.2) is 10.6 Å². The van der Waals surface area contributed by atoms with E-state index in [4.69, 9.17) is 0 Å². The monoisotopic (exact) mass is 222 g/mol. The lowest BCUT2D eigenvalue weighted by Gasteiger charge is -2.21. The van der Waals surface area contributed by atoms with Crippen LogP contribution in [0.3, 0.4) is 0 Å². The molecule has 0 radical (unpaired) electrons. The molecule has 1 atom stereocenters. The standard InChI is InChI=1S/C14H26N2/c1-5-9-16-10-7-8-13(16)11-15-14(6-2)12(3)4/h7-8,10,12,14-15H,5-6,9,11H2,1-4H3. The third-order valence-corrected chi connectivity index (χ3v) is 3.18. The van der Waals surface area contributed by atoms with Gasteiger partial charge in [-0.15, -0.1) is 0 Å². The summed E-state index contributed by atoms with van der Waals surface area (Å²) in [7, 11) is 0. The number of aryl methyl sites for hydroxylation is 1. The Hall–Kier alpha value is -0.760. The fourth-order valence-corrected chi connectivity index (χ4v) is 2.16. The molecule has 1 unspecified atom stereocenters. The van der Waals surface area contributed by atoms with Crippen LogP contribution >= 0.6 is 0 Å². The highest BCUT2D eigenvalue weighted by Crippen LogP contribution is 2.08. The molecule has 0 aliphatic carbocycles. The van der Waals surface area contributed by atoms with Crippen LogP contribution in [0.25, 0.3) is 0 Å². The maximum Gasteiger partial charge on any atom is 0.0361 e. The van der Waals surface area contributed by atoms with Gasteiger partial charge in [0.25, 0.3) is 0 Å². The van der Waals surface area contributed by atoms with Crippen LogP contribution in [0.5, 0.6) is 0 Å². The van der Waals surface area contributed by atoms with E-state index in [9.17, 15) is 0 Å². The van der Waals surface area contributed by atoms with Gasteiger partial charge in [-0.2, -0.15) is 0 Å². The summed E-state index contributed by atoms with van der Waals surface area (Å²) in [5, 5.41) is 3.65. The Balaban J connectivity index is 2.49. The quantitative estimate of drug-likeness (QED) is 0.748.